The Morgan fingerprint density at radius 1 is 0.846 bits per heavy atom. The molecule has 0 aliphatic heterocycles. The van der Waals surface area contributed by atoms with Gasteiger partial charge in [0.2, 0.25) is 0 Å². The van der Waals surface area contributed by atoms with Gasteiger partial charge in [-0.05, 0) is 42.5 Å². The Morgan fingerprint density at radius 2 is 1.77 bits per heavy atom. The normalized spacial score (nSPS) is 11.1. The number of anilines is 1. The molecule has 0 spiro atoms. The predicted octanol–water partition coefficient (Wildman–Crippen LogP) is 4.07. The van der Waals surface area contributed by atoms with Gasteiger partial charge in [0.05, 0.1) is 11.0 Å². The van der Waals surface area contributed by atoms with Crippen LogP contribution in [0, 0.1) is 0 Å². The average Bonchev–Trinajstić information content (AvgIpc) is 3.32. The zero-order chi connectivity index (χ0) is 17.3. The number of imidazole rings is 1. The van der Waals surface area contributed by atoms with E-state index in [4.69, 9.17) is 4.98 Å². The number of rotatable bonds is 4. The van der Waals surface area contributed by atoms with Gasteiger partial charge in [-0.25, -0.2) is 4.98 Å². The zero-order valence-electron chi connectivity index (χ0n) is 14.0. The number of benzene rings is 3. The molecule has 0 aliphatic rings. The van der Waals surface area contributed by atoms with Crippen molar-refractivity contribution >= 4 is 40.5 Å². The van der Waals surface area contributed by atoms with Crippen LogP contribution in [0.25, 0.3) is 33.3 Å². The molecule has 5 aromatic rings. The number of aromatic nitrogens is 3. The smallest absolute Gasteiger partial charge is 0.282 e. The highest BCUT2D eigenvalue weighted by atomic mass is 14.9. The second-order valence-corrected chi connectivity index (χ2v) is 6.30. The Hall–Kier alpha value is -3.47. The molecule has 4 nitrogen and oxygen atoms in total. The third-order valence-corrected chi connectivity index (χ3v) is 4.51. The van der Waals surface area contributed by atoms with Crippen molar-refractivity contribution in [3.8, 4) is 11.4 Å². The van der Waals surface area contributed by atoms with E-state index in [1.54, 1.807) is 0 Å². The zero-order valence-corrected chi connectivity index (χ0v) is 14.0. The molecule has 0 fully saturated rings. The molecule has 1 radical (unpaired) electrons. The molecule has 2 heterocycles. The first kappa shape index (κ1) is 14.8. The number of fused-ring (bicyclic) bond motifs is 2. The molecule has 0 saturated carbocycles. The van der Waals surface area contributed by atoms with E-state index in [0.29, 0.717) is 0 Å². The fourth-order valence-corrected chi connectivity index (χ4v) is 3.15. The van der Waals surface area contributed by atoms with Crippen LogP contribution in [0.4, 0.5) is 5.69 Å². The van der Waals surface area contributed by atoms with Gasteiger partial charge in [0.25, 0.3) is 7.41 Å². The fraction of sp³-hybridized carbons (Fsp3) is 0. The minimum Gasteiger partial charge on any atom is -0.428 e. The van der Waals surface area contributed by atoms with Crippen molar-refractivity contribution in [2.45, 2.75) is 0 Å². The second-order valence-electron chi connectivity index (χ2n) is 6.30. The number of H-pyrrole nitrogens is 2. The molecular formula is C21H16BN4. The Morgan fingerprint density at radius 3 is 2.69 bits per heavy atom. The molecule has 0 unspecified atom stereocenters. The van der Waals surface area contributed by atoms with E-state index in [1.165, 1.54) is 5.39 Å². The molecule has 123 valence electrons. The van der Waals surface area contributed by atoms with Crippen LogP contribution in [0.2, 0.25) is 0 Å². The third-order valence-electron chi connectivity index (χ3n) is 4.51. The van der Waals surface area contributed by atoms with E-state index in [0.717, 1.165) is 39.1 Å². The molecule has 26 heavy (non-hydrogen) atoms. The van der Waals surface area contributed by atoms with Gasteiger partial charge >= 0.3 is 0 Å². The van der Waals surface area contributed by atoms with Crippen LogP contribution >= 0.6 is 0 Å². The van der Waals surface area contributed by atoms with Crippen LogP contribution in [-0.2, 0) is 0 Å². The van der Waals surface area contributed by atoms with Crippen LogP contribution in [0.5, 0.6) is 0 Å². The summed E-state index contributed by atoms with van der Waals surface area (Å²) in [5.41, 5.74) is 6.35. The molecule has 5 rings (SSSR count). The summed E-state index contributed by atoms with van der Waals surface area (Å²) in [6.45, 7) is 0. The van der Waals surface area contributed by atoms with Crippen molar-refractivity contribution in [1.82, 2.24) is 15.0 Å². The van der Waals surface area contributed by atoms with Crippen LogP contribution < -0.4 is 10.7 Å². The molecule has 0 aliphatic carbocycles. The highest BCUT2D eigenvalue weighted by Crippen LogP contribution is 2.25. The van der Waals surface area contributed by atoms with Gasteiger partial charge in [0, 0.05) is 28.4 Å². The minimum absolute atomic E-state index is 0.882. The van der Waals surface area contributed by atoms with Gasteiger partial charge < -0.3 is 15.2 Å². The standard InChI is InChI=1S/C21H16BN4/c1-2-4-16(5-3-1)22-26-17-7-9-19-20(13-17)25-21(24-19)15-6-8-18-14(12-15)10-11-23-18/h1-13,23,26H,(H,24,25). The van der Waals surface area contributed by atoms with Crippen LogP contribution in [0.3, 0.4) is 0 Å². The van der Waals surface area contributed by atoms with E-state index in [1.807, 2.05) is 43.9 Å². The van der Waals surface area contributed by atoms with E-state index in [9.17, 15) is 0 Å². The molecule has 0 saturated heterocycles. The monoisotopic (exact) mass is 335 g/mol. The van der Waals surface area contributed by atoms with Crippen LogP contribution in [-0.4, -0.2) is 22.4 Å². The summed E-state index contributed by atoms with van der Waals surface area (Å²) in [6.07, 6.45) is 1.95. The van der Waals surface area contributed by atoms with E-state index >= 15 is 0 Å². The van der Waals surface area contributed by atoms with Gasteiger partial charge in [-0.1, -0.05) is 35.8 Å². The van der Waals surface area contributed by atoms with Crippen molar-refractivity contribution in [3.63, 3.8) is 0 Å². The molecule has 0 amide bonds. The largest absolute Gasteiger partial charge is 0.428 e. The summed E-state index contributed by atoms with van der Waals surface area (Å²) < 4.78 is 0. The summed E-state index contributed by atoms with van der Waals surface area (Å²) in [7, 11) is 2.00. The topological polar surface area (TPSA) is 56.5 Å². The van der Waals surface area contributed by atoms with Crippen molar-refractivity contribution in [3.05, 3.63) is 79.0 Å². The summed E-state index contributed by atoms with van der Waals surface area (Å²) >= 11 is 0. The Balaban J connectivity index is 1.44. The van der Waals surface area contributed by atoms with Crippen molar-refractivity contribution in [1.29, 1.82) is 0 Å². The summed E-state index contributed by atoms with van der Waals surface area (Å²) in [5, 5.41) is 4.53. The lowest BCUT2D eigenvalue weighted by molar-refractivity contribution is 1.34. The predicted molar refractivity (Wildman–Crippen MR) is 109 cm³/mol. The molecule has 3 N–H and O–H groups in total. The van der Waals surface area contributed by atoms with Crippen molar-refractivity contribution < 1.29 is 0 Å². The summed E-state index contributed by atoms with van der Waals surface area (Å²) in [6, 6.07) is 24.7. The summed E-state index contributed by atoms with van der Waals surface area (Å²) in [4.78, 5) is 11.4. The fourth-order valence-electron chi connectivity index (χ4n) is 3.15. The van der Waals surface area contributed by atoms with E-state index in [2.05, 4.69) is 57.7 Å². The van der Waals surface area contributed by atoms with Gasteiger partial charge in [0.1, 0.15) is 5.82 Å². The molecule has 0 atom stereocenters. The van der Waals surface area contributed by atoms with E-state index < -0.39 is 0 Å². The molecule has 2 aromatic heterocycles. The van der Waals surface area contributed by atoms with Gasteiger partial charge in [-0.3, -0.25) is 0 Å². The Bertz CT molecular complexity index is 1190. The maximum Gasteiger partial charge on any atom is 0.282 e. The number of hydrogen-bond acceptors (Lipinski definition) is 2. The molecular weight excluding hydrogens is 319 g/mol. The van der Waals surface area contributed by atoms with Gasteiger partial charge in [0.15, 0.2) is 0 Å². The highest BCUT2D eigenvalue weighted by molar-refractivity contribution is 6.56. The Kier molecular flexibility index (Phi) is 3.49. The number of hydrogen-bond donors (Lipinski definition) is 3. The quantitative estimate of drug-likeness (QED) is 0.434. The molecule has 3 aromatic carbocycles. The average molecular weight is 335 g/mol. The van der Waals surface area contributed by atoms with Crippen molar-refractivity contribution in [2.24, 2.45) is 0 Å². The molecule has 5 heteroatoms. The summed E-state index contributed by atoms with van der Waals surface area (Å²) in [5.74, 6) is 0.882. The molecule has 0 bridgehead atoms. The van der Waals surface area contributed by atoms with Crippen LogP contribution in [0.1, 0.15) is 0 Å². The third kappa shape index (κ3) is 2.73. The van der Waals surface area contributed by atoms with Crippen molar-refractivity contribution in [2.75, 3.05) is 5.23 Å². The Labute approximate surface area is 151 Å². The minimum atomic E-state index is 0.882. The van der Waals surface area contributed by atoms with E-state index in [-0.39, 0.29) is 0 Å². The second kappa shape index (κ2) is 6.12. The number of nitrogens with one attached hydrogen (secondary N) is 3. The maximum atomic E-state index is 4.73. The highest BCUT2D eigenvalue weighted by Gasteiger charge is 2.07. The first-order valence-corrected chi connectivity index (χ1v) is 8.57. The first-order valence-electron chi connectivity index (χ1n) is 8.57. The lowest BCUT2D eigenvalue weighted by atomic mass is 9.83. The van der Waals surface area contributed by atoms with Crippen LogP contribution in [0.15, 0.2) is 79.0 Å². The first-order chi connectivity index (χ1) is 12.8. The van der Waals surface area contributed by atoms with Gasteiger partial charge in [-0.15, -0.1) is 0 Å². The maximum absolute atomic E-state index is 4.73. The SMILES string of the molecule is [B](Nc1ccc2nc(-c3ccc4[nH]ccc4c3)[nH]c2c1)c1ccccc1. The van der Waals surface area contributed by atoms with Gasteiger partial charge in [-0.2, -0.15) is 0 Å². The number of nitrogens with zero attached hydrogens (tertiary/aromatic N) is 1. The number of aromatic amines is 2. The lowest BCUT2D eigenvalue weighted by Gasteiger charge is -2.04. The lowest BCUT2D eigenvalue weighted by Crippen LogP contribution is -2.21.